The molecule has 4 heterocycles. The van der Waals surface area contributed by atoms with Gasteiger partial charge >= 0.3 is 11.9 Å². The van der Waals surface area contributed by atoms with E-state index in [0.29, 0.717) is 17.0 Å². The van der Waals surface area contributed by atoms with Crippen molar-refractivity contribution in [2.45, 2.75) is 49.5 Å². The van der Waals surface area contributed by atoms with Crippen molar-refractivity contribution in [1.29, 1.82) is 0 Å². The van der Waals surface area contributed by atoms with Crippen LogP contribution in [0.4, 0.5) is 19.0 Å². The average molecular weight is 565 g/mol. The Morgan fingerprint density at radius 1 is 1.21 bits per heavy atom. The molecule has 1 aromatic carbocycles. The number of benzene rings is 1. The minimum Gasteiger partial charge on any atom is -0.352 e. The van der Waals surface area contributed by atoms with Gasteiger partial charge in [-0.25, -0.2) is 4.79 Å². The van der Waals surface area contributed by atoms with Crippen molar-refractivity contribution in [3.63, 3.8) is 0 Å². The Labute approximate surface area is 225 Å². The Bertz CT molecular complexity index is 1470. The molecule has 3 unspecified atom stereocenters. The molecule has 3 atom stereocenters. The Kier molecular flexibility index (Phi) is 6.89. The topological polar surface area (TPSA) is 84.2 Å². The first kappa shape index (κ1) is 26.5. The molecule has 0 bridgehead atoms. The Morgan fingerprint density at radius 2 is 1.92 bits per heavy atom. The number of piperazine rings is 1. The second-order valence-electron chi connectivity index (χ2n) is 9.48. The highest BCUT2D eigenvalue weighted by atomic mass is 35.5. The molecule has 200 valence electrons. The van der Waals surface area contributed by atoms with E-state index in [0.717, 1.165) is 17.8 Å². The molecule has 1 amide bonds. The van der Waals surface area contributed by atoms with Crippen LogP contribution in [0.1, 0.15) is 31.0 Å². The summed E-state index contributed by atoms with van der Waals surface area (Å²) in [6, 6.07) is 0.408. The lowest BCUT2D eigenvalue weighted by molar-refractivity contribution is -0.137. The van der Waals surface area contributed by atoms with E-state index in [1.165, 1.54) is 23.0 Å². The average Bonchev–Trinajstić information content (AvgIpc) is 3.08. The van der Waals surface area contributed by atoms with Gasteiger partial charge in [0, 0.05) is 67.4 Å². The lowest BCUT2D eigenvalue weighted by Crippen LogP contribution is -2.58. The summed E-state index contributed by atoms with van der Waals surface area (Å²) in [6.45, 7) is 7.96. The van der Waals surface area contributed by atoms with Gasteiger partial charge in [-0.3, -0.25) is 19.3 Å². The van der Waals surface area contributed by atoms with Crippen LogP contribution in [0, 0.1) is 0 Å². The second kappa shape index (κ2) is 9.88. The van der Waals surface area contributed by atoms with Gasteiger partial charge in [0.25, 0.3) is 0 Å². The molecule has 1 fully saturated rings. The standard InChI is InChI=1S/C25H24ClF3N6O2S/c1-4-19(36)35-13(2)9-33(10-14(35)3)23-16-7-17(25(27,28)29)20(26)22-21(16)34(24(37)32-23)11-15(12-38-22)18-8-30-5-6-31-18/h4-8,13-15H,1,9-12H2,2-3H3. The Hall–Kier alpha value is -3.12. The predicted molar refractivity (Wildman–Crippen MR) is 140 cm³/mol. The second-order valence-corrected chi connectivity index (χ2v) is 10.9. The summed E-state index contributed by atoms with van der Waals surface area (Å²) >= 11 is 7.54. The minimum atomic E-state index is -4.72. The van der Waals surface area contributed by atoms with Gasteiger partial charge in [-0.1, -0.05) is 18.2 Å². The quantitative estimate of drug-likeness (QED) is 0.437. The number of carbonyl (C=O) groups is 1. The number of rotatable bonds is 3. The molecular weight excluding hydrogens is 541 g/mol. The number of halogens is 4. The third kappa shape index (κ3) is 4.53. The molecule has 0 saturated carbocycles. The molecule has 2 aliphatic heterocycles. The fraction of sp³-hybridized carbons (Fsp3) is 0.400. The van der Waals surface area contributed by atoms with E-state index >= 15 is 0 Å². The van der Waals surface area contributed by atoms with Gasteiger partial charge < -0.3 is 9.80 Å². The molecule has 2 aliphatic rings. The maximum absolute atomic E-state index is 14.1. The van der Waals surface area contributed by atoms with Crippen molar-refractivity contribution < 1.29 is 18.0 Å². The third-order valence-corrected chi connectivity index (χ3v) is 8.68. The Balaban J connectivity index is 1.70. The van der Waals surface area contributed by atoms with Crippen LogP contribution in [0.2, 0.25) is 5.02 Å². The van der Waals surface area contributed by atoms with Crippen molar-refractivity contribution in [3.8, 4) is 0 Å². The van der Waals surface area contributed by atoms with Gasteiger partial charge in [-0.2, -0.15) is 18.2 Å². The van der Waals surface area contributed by atoms with Crippen LogP contribution >= 0.6 is 23.4 Å². The highest BCUT2D eigenvalue weighted by Gasteiger charge is 2.39. The van der Waals surface area contributed by atoms with E-state index < -0.39 is 22.5 Å². The molecule has 0 spiro atoms. The zero-order valence-corrected chi connectivity index (χ0v) is 22.1. The van der Waals surface area contributed by atoms with Gasteiger partial charge in [0.2, 0.25) is 5.91 Å². The van der Waals surface area contributed by atoms with E-state index in [1.807, 2.05) is 13.8 Å². The molecule has 13 heteroatoms. The van der Waals surface area contributed by atoms with Crippen LogP contribution in [0.25, 0.3) is 10.9 Å². The number of thioether (sulfide) groups is 1. The van der Waals surface area contributed by atoms with Crippen molar-refractivity contribution in [3.05, 3.63) is 64.1 Å². The van der Waals surface area contributed by atoms with Gasteiger partial charge in [0.15, 0.2) is 0 Å². The highest BCUT2D eigenvalue weighted by molar-refractivity contribution is 7.99. The number of carbonyl (C=O) groups excluding carboxylic acids is 1. The largest absolute Gasteiger partial charge is 0.417 e. The van der Waals surface area contributed by atoms with Gasteiger partial charge in [0.05, 0.1) is 26.7 Å². The van der Waals surface area contributed by atoms with Gasteiger partial charge in [-0.05, 0) is 26.0 Å². The Morgan fingerprint density at radius 3 is 2.53 bits per heavy atom. The maximum atomic E-state index is 14.1. The molecule has 5 rings (SSSR count). The number of anilines is 1. The van der Waals surface area contributed by atoms with Crippen molar-refractivity contribution in [1.82, 2.24) is 24.4 Å². The lowest BCUT2D eigenvalue weighted by atomic mass is 10.0. The van der Waals surface area contributed by atoms with Crippen molar-refractivity contribution in [2.24, 2.45) is 0 Å². The highest BCUT2D eigenvalue weighted by Crippen LogP contribution is 2.47. The SMILES string of the molecule is C=CC(=O)N1C(C)CN(c2nc(=O)n3c4c(c(Cl)c(C(F)(F)F)cc24)SCC(c2cnccn2)C3)CC1C. The van der Waals surface area contributed by atoms with E-state index in [-0.39, 0.29) is 59.6 Å². The first-order valence-corrected chi connectivity index (χ1v) is 13.3. The third-order valence-electron chi connectivity index (χ3n) is 6.92. The molecular formula is C25H24ClF3N6O2S. The molecule has 0 aliphatic carbocycles. The first-order valence-electron chi connectivity index (χ1n) is 11.9. The van der Waals surface area contributed by atoms with Gasteiger partial charge in [-0.15, -0.1) is 11.8 Å². The van der Waals surface area contributed by atoms with Crippen molar-refractivity contribution in [2.75, 3.05) is 23.7 Å². The number of hydrogen-bond donors (Lipinski definition) is 0. The fourth-order valence-electron chi connectivity index (χ4n) is 5.31. The van der Waals surface area contributed by atoms with E-state index in [4.69, 9.17) is 11.6 Å². The van der Waals surface area contributed by atoms with Crippen LogP contribution < -0.4 is 10.6 Å². The zero-order chi connectivity index (χ0) is 27.4. The summed E-state index contributed by atoms with van der Waals surface area (Å²) < 4.78 is 43.8. The normalized spacial score (nSPS) is 21.9. The molecule has 0 radical (unpaired) electrons. The monoisotopic (exact) mass is 564 g/mol. The first-order chi connectivity index (χ1) is 18.0. The maximum Gasteiger partial charge on any atom is 0.417 e. The van der Waals surface area contributed by atoms with Crippen LogP contribution in [0.5, 0.6) is 0 Å². The van der Waals surface area contributed by atoms with Crippen molar-refractivity contribution >= 4 is 46.0 Å². The van der Waals surface area contributed by atoms with E-state index in [9.17, 15) is 22.8 Å². The van der Waals surface area contributed by atoms with Crippen LogP contribution in [0.15, 0.2) is 47.0 Å². The molecule has 1 saturated heterocycles. The molecule has 2 aromatic heterocycles. The summed E-state index contributed by atoms with van der Waals surface area (Å²) in [4.78, 5) is 42.2. The molecule has 3 aromatic rings. The summed E-state index contributed by atoms with van der Waals surface area (Å²) in [5.41, 5.74) is -0.637. The van der Waals surface area contributed by atoms with E-state index in [1.54, 1.807) is 16.0 Å². The summed E-state index contributed by atoms with van der Waals surface area (Å²) in [5, 5.41) is -0.255. The predicted octanol–water partition coefficient (Wildman–Crippen LogP) is 4.36. The number of alkyl halides is 3. The molecule has 0 N–H and O–H groups in total. The smallest absolute Gasteiger partial charge is 0.352 e. The zero-order valence-electron chi connectivity index (χ0n) is 20.6. The van der Waals surface area contributed by atoms with Crippen LogP contribution in [-0.2, 0) is 17.5 Å². The molecule has 8 nitrogen and oxygen atoms in total. The number of hydrogen-bond acceptors (Lipinski definition) is 7. The van der Waals surface area contributed by atoms with Crippen LogP contribution in [0.3, 0.4) is 0 Å². The number of nitrogens with zero attached hydrogens (tertiary/aromatic N) is 6. The minimum absolute atomic E-state index is 0.146. The summed E-state index contributed by atoms with van der Waals surface area (Å²) in [6.07, 6.45) is 1.17. The van der Waals surface area contributed by atoms with E-state index in [2.05, 4.69) is 21.5 Å². The molecule has 38 heavy (non-hydrogen) atoms. The summed E-state index contributed by atoms with van der Waals surface area (Å²) in [7, 11) is 0. The lowest BCUT2D eigenvalue weighted by Gasteiger charge is -2.44. The van der Waals surface area contributed by atoms with Crippen LogP contribution in [-0.4, -0.2) is 61.3 Å². The summed E-state index contributed by atoms with van der Waals surface area (Å²) in [5.74, 6) is -0.0355. The fourth-order valence-corrected chi connectivity index (χ4v) is 6.96. The number of aromatic nitrogens is 4. The van der Waals surface area contributed by atoms with Gasteiger partial charge in [0.1, 0.15) is 5.82 Å². The number of amides is 1.